The molecule has 4 nitrogen and oxygen atoms in total. The molecule has 4 heteroatoms. The number of para-hydroxylation sites is 1. The molecule has 1 aromatic carbocycles. The zero-order valence-electron chi connectivity index (χ0n) is 11.5. The van der Waals surface area contributed by atoms with Crippen LogP contribution in [0.4, 0.5) is 0 Å². The van der Waals surface area contributed by atoms with Gasteiger partial charge in [-0.3, -0.25) is 0 Å². The van der Waals surface area contributed by atoms with Gasteiger partial charge in [-0.2, -0.15) is 0 Å². The van der Waals surface area contributed by atoms with Crippen LogP contribution in [0.3, 0.4) is 0 Å². The minimum atomic E-state index is 0.181. The third kappa shape index (κ3) is 3.74. The lowest BCUT2D eigenvalue weighted by atomic mass is 10.0. The Morgan fingerprint density at radius 2 is 2.26 bits per heavy atom. The minimum absolute atomic E-state index is 0.181. The van der Waals surface area contributed by atoms with Crippen LogP contribution in [0.5, 0.6) is 5.75 Å². The molecule has 0 aliphatic carbocycles. The largest absolute Gasteiger partial charge is 0.493 e. The Labute approximate surface area is 114 Å². The van der Waals surface area contributed by atoms with E-state index < -0.39 is 0 Å². The molecule has 0 bridgehead atoms. The quantitative estimate of drug-likeness (QED) is 0.498. The fourth-order valence-electron chi connectivity index (χ4n) is 2.04. The number of guanidine groups is 1. The first kappa shape index (κ1) is 13.5. The minimum Gasteiger partial charge on any atom is -0.493 e. The Morgan fingerprint density at radius 3 is 3.05 bits per heavy atom. The van der Waals surface area contributed by atoms with Crippen LogP contribution in [-0.2, 0) is 0 Å². The summed E-state index contributed by atoms with van der Waals surface area (Å²) >= 11 is 0. The lowest BCUT2D eigenvalue weighted by Gasteiger charge is -2.26. The Bertz CT molecular complexity index is 490. The normalized spacial score (nSPS) is 18.2. The highest BCUT2D eigenvalue weighted by Gasteiger charge is 2.20. The van der Waals surface area contributed by atoms with Gasteiger partial charge in [-0.05, 0) is 19.9 Å². The van der Waals surface area contributed by atoms with E-state index in [0.29, 0.717) is 19.1 Å². The van der Waals surface area contributed by atoms with Gasteiger partial charge < -0.3 is 15.8 Å². The monoisotopic (exact) mass is 259 g/mol. The van der Waals surface area contributed by atoms with Crippen LogP contribution < -0.4 is 15.8 Å². The summed E-state index contributed by atoms with van der Waals surface area (Å²) in [6.07, 6.45) is 2.95. The van der Waals surface area contributed by atoms with Crippen molar-refractivity contribution in [1.82, 2.24) is 5.32 Å². The maximum atomic E-state index is 5.92. The van der Waals surface area contributed by atoms with Crippen LogP contribution in [0.1, 0.15) is 31.9 Å². The molecule has 0 spiro atoms. The van der Waals surface area contributed by atoms with Gasteiger partial charge in [0.05, 0.1) is 19.2 Å². The van der Waals surface area contributed by atoms with Crippen molar-refractivity contribution in [3.8, 4) is 5.75 Å². The molecule has 3 N–H and O–H groups in total. The number of allylic oxidation sites excluding steroid dienone is 1. The molecule has 1 aromatic rings. The van der Waals surface area contributed by atoms with Crippen molar-refractivity contribution < 1.29 is 4.74 Å². The van der Waals surface area contributed by atoms with Crippen LogP contribution in [0.2, 0.25) is 0 Å². The van der Waals surface area contributed by atoms with E-state index in [1.54, 1.807) is 0 Å². The van der Waals surface area contributed by atoms with E-state index in [-0.39, 0.29) is 6.04 Å². The fraction of sp³-hybridized carbons (Fsp3) is 0.400. The van der Waals surface area contributed by atoms with Crippen molar-refractivity contribution in [2.24, 2.45) is 10.7 Å². The summed E-state index contributed by atoms with van der Waals surface area (Å²) in [6, 6.07) is 8.22. The van der Waals surface area contributed by atoms with Crippen molar-refractivity contribution in [2.75, 3.05) is 13.2 Å². The highest BCUT2D eigenvalue weighted by atomic mass is 16.5. The molecule has 1 aliphatic heterocycles. The number of nitrogens with zero attached hydrogens (tertiary/aromatic N) is 1. The van der Waals surface area contributed by atoms with E-state index in [1.165, 1.54) is 5.57 Å². The number of ether oxygens (including phenoxy) is 1. The molecule has 1 unspecified atom stereocenters. The lowest BCUT2D eigenvalue weighted by Crippen LogP contribution is -2.37. The van der Waals surface area contributed by atoms with E-state index in [1.807, 2.05) is 38.1 Å². The van der Waals surface area contributed by atoms with E-state index in [4.69, 9.17) is 10.5 Å². The first-order valence-electron chi connectivity index (χ1n) is 6.58. The molecule has 0 amide bonds. The third-order valence-electron chi connectivity index (χ3n) is 3.04. The van der Waals surface area contributed by atoms with E-state index >= 15 is 0 Å². The maximum absolute atomic E-state index is 5.92. The third-order valence-corrected chi connectivity index (χ3v) is 3.04. The summed E-state index contributed by atoms with van der Waals surface area (Å²) in [5.41, 5.74) is 8.31. The molecule has 2 rings (SSSR count). The number of benzene rings is 1. The Hall–Kier alpha value is -1.97. The Morgan fingerprint density at radius 1 is 1.47 bits per heavy atom. The SMILES string of the molecule is CC(C)=CCN=C(N)NC1CCOc2ccccc21. The number of nitrogens with two attached hydrogens (primary N) is 1. The van der Waals surface area contributed by atoms with Gasteiger partial charge >= 0.3 is 0 Å². The first-order valence-corrected chi connectivity index (χ1v) is 6.58. The topological polar surface area (TPSA) is 59.6 Å². The molecular weight excluding hydrogens is 238 g/mol. The highest BCUT2D eigenvalue weighted by molar-refractivity contribution is 5.78. The van der Waals surface area contributed by atoms with Crippen LogP contribution in [0.25, 0.3) is 0 Å². The number of hydrogen-bond acceptors (Lipinski definition) is 2. The predicted molar refractivity (Wildman–Crippen MR) is 78.4 cm³/mol. The highest BCUT2D eigenvalue weighted by Crippen LogP contribution is 2.31. The number of fused-ring (bicyclic) bond motifs is 1. The van der Waals surface area contributed by atoms with Crippen LogP contribution >= 0.6 is 0 Å². The van der Waals surface area contributed by atoms with Crippen molar-refractivity contribution in [3.63, 3.8) is 0 Å². The van der Waals surface area contributed by atoms with E-state index in [0.717, 1.165) is 17.7 Å². The molecule has 0 saturated carbocycles. The first-order chi connectivity index (χ1) is 9.16. The molecule has 0 aromatic heterocycles. The Balaban J connectivity index is 2.02. The van der Waals surface area contributed by atoms with Crippen molar-refractivity contribution in [3.05, 3.63) is 41.5 Å². The molecule has 0 saturated heterocycles. The van der Waals surface area contributed by atoms with E-state index in [9.17, 15) is 0 Å². The van der Waals surface area contributed by atoms with Gasteiger partial charge in [-0.15, -0.1) is 0 Å². The number of aliphatic imine (C=N–C) groups is 1. The smallest absolute Gasteiger partial charge is 0.189 e. The van der Waals surface area contributed by atoms with Gasteiger partial charge in [0, 0.05) is 12.0 Å². The molecule has 102 valence electrons. The number of rotatable bonds is 3. The lowest BCUT2D eigenvalue weighted by molar-refractivity contribution is 0.262. The Kier molecular flexibility index (Phi) is 4.44. The molecule has 19 heavy (non-hydrogen) atoms. The number of hydrogen-bond donors (Lipinski definition) is 2. The van der Waals surface area contributed by atoms with E-state index in [2.05, 4.69) is 16.4 Å². The van der Waals surface area contributed by atoms with Gasteiger partial charge in [0.2, 0.25) is 0 Å². The number of nitrogens with one attached hydrogen (secondary N) is 1. The molecule has 1 heterocycles. The van der Waals surface area contributed by atoms with Crippen molar-refractivity contribution >= 4 is 5.96 Å². The average Bonchev–Trinajstić information content (AvgIpc) is 2.39. The van der Waals surface area contributed by atoms with Crippen LogP contribution in [-0.4, -0.2) is 19.1 Å². The van der Waals surface area contributed by atoms with Gasteiger partial charge in [0.25, 0.3) is 0 Å². The van der Waals surface area contributed by atoms with Gasteiger partial charge in [0.1, 0.15) is 5.75 Å². The molecule has 1 aliphatic rings. The zero-order chi connectivity index (χ0) is 13.7. The summed E-state index contributed by atoms with van der Waals surface area (Å²) in [7, 11) is 0. The van der Waals surface area contributed by atoms with Crippen LogP contribution in [0, 0.1) is 0 Å². The second kappa shape index (κ2) is 6.27. The average molecular weight is 259 g/mol. The second-order valence-electron chi connectivity index (χ2n) is 4.88. The van der Waals surface area contributed by atoms with Gasteiger partial charge in [0.15, 0.2) is 5.96 Å². The molecule has 0 fully saturated rings. The predicted octanol–water partition coefficient (Wildman–Crippen LogP) is 2.38. The molecule has 0 radical (unpaired) electrons. The summed E-state index contributed by atoms with van der Waals surface area (Å²) in [5, 5.41) is 3.27. The van der Waals surface area contributed by atoms with Crippen molar-refractivity contribution in [1.29, 1.82) is 0 Å². The maximum Gasteiger partial charge on any atom is 0.189 e. The van der Waals surface area contributed by atoms with Crippen molar-refractivity contribution in [2.45, 2.75) is 26.3 Å². The molecular formula is C15H21N3O. The standard InChI is InChI=1S/C15H21N3O/c1-11(2)7-9-17-15(16)18-13-8-10-19-14-6-4-3-5-12(13)14/h3-7,13H,8-10H2,1-2H3,(H3,16,17,18). The summed E-state index contributed by atoms with van der Waals surface area (Å²) < 4.78 is 5.62. The summed E-state index contributed by atoms with van der Waals surface area (Å²) in [5.74, 6) is 1.42. The molecule has 1 atom stereocenters. The summed E-state index contributed by atoms with van der Waals surface area (Å²) in [6.45, 7) is 5.42. The summed E-state index contributed by atoms with van der Waals surface area (Å²) in [4.78, 5) is 4.30. The van der Waals surface area contributed by atoms with Gasteiger partial charge in [-0.25, -0.2) is 4.99 Å². The van der Waals surface area contributed by atoms with Crippen LogP contribution in [0.15, 0.2) is 40.9 Å². The fourth-order valence-corrected chi connectivity index (χ4v) is 2.04. The van der Waals surface area contributed by atoms with Gasteiger partial charge in [-0.1, -0.05) is 29.8 Å². The zero-order valence-corrected chi connectivity index (χ0v) is 11.5. The second-order valence-corrected chi connectivity index (χ2v) is 4.88.